The third kappa shape index (κ3) is 7.29. The van der Waals surface area contributed by atoms with Crippen molar-refractivity contribution in [1.82, 2.24) is 30.0 Å². The third-order valence-electron chi connectivity index (χ3n) is 7.88. The fourth-order valence-corrected chi connectivity index (χ4v) is 5.80. The van der Waals surface area contributed by atoms with Crippen LogP contribution < -0.4 is 15.8 Å². The first kappa shape index (κ1) is 31.4. The van der Waals surface area contributed by atoms with E-state index in [0.717, 1.165) is 42.7 Å². The lowest BCUT2D eigenvalue weighted by Crippen LogP contribution is -2.34. The summed E-state index contributed by atoms with van der Waals surface area (Å²) in [7, 11) is 0. The van der Waals surface area contributed by atoms with Crippen molar-refractivity contribution in [2.24, 2.45) is 5.73 Å². The number of benzene rings is 2. The molecule has 3 heterocycles. The molecule has 240 valence electrons. The molecule has 1 aliphatic rings. The summed E-state index contributed by atoms with van der Waals surface area (Å²) in [5, 5.41) is 7.59. The van der Waals surface area contributed by atoms with Crippen molar-refractivity contribution in [1.29, 1.82) is 0 Å². The molecule has 2 aromatic carbocycles. The molecule has 6 rings (SSSR count). The van der Waals surface area contributed by atoms with Crippen LogP contribution in [0.1, 0.15) is 57.6 Å². The number of aromatic nitrogens is 5. The zero-order valence-corrected chi connectivity index (χ0v) is 25.1. The van der Waals surface area contributed by atoms with Crippen LogP contribution >= 0.6 is 0 Å². The summed E-state index contributed by atoms with van der Waals surface area (Å²) in [6.45, 7) is -0.0435. The summed E-state index contributed by atoms with van der Waals surface area (Å²) in [6.07, 6.45) is 8.07. The van der Waals surface area contributed by atoms with Crippen LogP contribution in [0.4, 0.5) is 13.2 Å². The van der Waals surface area contributed by atoms with Gasteiger partial charge in [0.05, 0.1) is 17.3 Å². The Bertz CT molecular complexity index is 1910. The average Bonchev–Trinajstić information content (AvgIpc) is 3.40. The fraction of sp³-hybridized carbons (Fsp3) is 0.235. The highest BCUT2D eigenvalue weighted by molar-refractivity contribution is 5.94. The zero-order valence-electron chi connectivity index (χ0n) is 25.1. The topological polar surface area (TPSA) is 138 Å². The second-order valence-corrected chi connectivity index (χ2v) is 11.1. The van der Waals surface area contributed by atoms with E-state index in [1.54, 1.807) is 35.3 Å². The van der Waals surface area contributed by atoms with Gasteiger partial charge in [-0.1, -0.05) is 12.1 Å². The Labute approximate surface area is 267 Å². The maximum atomic E-state index is 14.3. The number of pyridine rings is 1. The Morgan fingerprint density at radius 1 is 0.936 bits per heavy atom. The molecule has 47 heavy (non-hydrogen) atoms. The number of rotatable bonds is 11. The minimum Gasteiger partial charge on any atom is -0.468 e. The Morgan fingerprint density at radius 3 is 2.45 bits per heavy atom. The molecular formula is C34H30F3N7O3. The monoisotopic (exact) mass is 641 g/mol. The van der Waals surface area contributed by atoms with Crippen molar-refractivity contribution < 1.29 is 27.5 Å². The van der Waals surface area contributed by atoms with E-state index in [1.165, 1.54) is 30.5 Å². The fourth-order valence-electron chi connectivity index (χ4n) is 5.80. The number of hydrogen-bond donors (Lipinski definition) is 2. The Morgan fingerprint density at radius 2 is 1.68 bits per heavy atom. The van der Waals surface area contributed by atoms with E-state index in [9.17, 15) is 22.8 Å². The molecule has 1 aliphatic carbocycles. The zero-order chi connectivity index (χ0) is 32.9. The van der Waals surface area contributed by atoms with E-state index in [4.69, 9.17) is 10.5 Å². The van der Waals surface area contributed by atoms with Gasteiger partial charge >= 0.3 is 0 Å². The van der Waals surface area contributed by atoms with Gasteiger partial charge in [-0.25, -0.2) is 23.1 Å². The van der Waals surface area contributed by atoms with Gasteiger partial charge in [0.25, 0.3) is 5.91 Å². The van der Waals surface area contributed by atoms with Gasteiger partial charge in [-0.05, 0) is 79.6 Å². The van der Waals surface area contributed by atoms with Crippen LogP contribution in [0.15, 0.2) is 73.2 Å². The van der Waals surface area contributed by atoms with Crippen molar-refractivity contribution in [2.45, 2.75) is 51.3 Å². The Kier molecular flexibility index (Phi) is 9.23. The van der Waals surface area contributed by atoms with Gasteiger partial charge in [0.15, 0.2) is 5.82 Å². The van der Waals surface area contributed by atoms with Gasteiger partial charge in [0, 0.05) is 41.5 Å². The summed E-state index contributed by atoms with van der Waals surface area (Å²) in [5.74, 6) is -2.79. The number of primary amides is 1. The van der Waals surface area contributed by atoms with Gasteiger partial charge in [0.2, 0.25) is 11.8 Å². The summed E-state index contributed by atoms with van der Waals surface area (Å²) >= 11 is 0. The predicted molar refractivity (Wildman–Crippen MR) is 164 cm³/mol. The van der Waals surface area contributed by atoms with Crippen LogP contribution in [0, 0.1) is 17.5 Å². The second-order valence-electron chi connectivity index (χ2n) is 11.1. The molecule has 0 unspecified atom stereocenters. The van der Waals surface area contributed by atoms with Gasteiger partial charge in [-0.2, -0.15) is 0 Å². The number of halogens is 3. The van der Waals surface area contributed by atoms with Crippen LogP contribution in [-0.2, 0) is 37.2 Å². The van der Waals surface area contributed by atoms with Crippen LogP contribution in [0.5, 0.6) is 5.88 Å². The smallest absolute Gasteiger partial charge is 0.251 e. The largest absolute Gasteiger partial charge is 0.468 e. The molecule has 3 aromatic heterocycles. The summed E-state index contributed by atoms with van der Waals surface area (Å²) < 4.78 is 50.3. The quantitative estimate of drug-likeness (QED) is 0.211. The van der Waals surface area contributed by atoms with E-state index >= 15 is 0 Å². The van der Waals surface area contributed by atoms with Gasteiger partial charge in [-0.15, -0.1) is 5.10 Å². The second kappa shape index (κ2) is 13.8. The molecular weight excluding hydrogens is 611 g/mol. The van der Waals surface area contributed by atoms with Crippen molar-refractivity contribution >= 4 is 11.8 Å². The maximum absolute atomic E-state index is 14.3. The number of carbonyl (C=O) groups excluding carboxylic acids is 2. The lowest BCUT2D eigenvalue weighted by Gasteiger charge is -2.22. The minimum atomic E-state index is -0.947. The molecule has 10 nitrogen and oxygen atoms in total. The van der Waals surface area contributed by atoms with E-state index in [-0.39, 0.29) is 30.7 Å². The first-order valence-electron chi connectivity index (χ1n) is 15.0. The highest BCUT2D eigenvalue weighted by atomic mass is 19.1. The highest BCUT2D eigenvalue weighted by Crippen LogP contribution is 2.32. The number of carbonyl (C=O) groups is 2. The first-order valence-corrected chi connectivity index (χ1v) is 15.0. The van der Waals surface area contributed by atoms with Gasteiger partial charge in [-0.3, -0.25) is 19.3 Å². The summed E-state index contributed by atoms with van der Waals surface area (Å²) in [4.78, 5) is 38.5. The standard InChI is InChI=1S/C34H30F3N7O3/c35-22-13-20(14-23(36)17-22)15-28(32-24(6-3-10-41-32)21-8-9-27(37)26(16-21)33(38)46)42-31(45)18-44-29-7-2-1-5-25(29)34(43-44)47-19-30-39-11-4-12-40-30/h3-4,6,8-14,16-17,28H,1-2,5,7,15,18-19H2,(H2,38,46)(H,42,45)/t28-/m0/s1. The van der Waals surface area contributed by atoms with Crippen molar-refractivity contribution in [3.63, 3.8) is 0 Å². The Balaban J connectivity index is 1.31. The molecule has 0 fully saturated rings. The molecule has 13 heteroatoms. The molecule has 0 bridgehead atoms. The van der Waals surface area contributed by atoms with Crippen molar-refractivity contribution in [3.05, 3.63) is 125 Å². The average molecular weight is 642 g/mol. The summed E-state index contributed by atoms with van der Waals surface area (Å²) in [5.41, 5.74) is 8.38. The van der Waals surface area contributed by atoms with Gasteiger partial charge < -0.3 is 15.8 Å². The van der Waals surface area contributed by atoms with E-state index in [2.05, 4.69) is 25.4 Å². The first-order chi connectivity index (χ1) is 22.7. The molecule has 3 N–H and O–H groups in total. The number of nitrogens with zero attached hydrogens (tertiary/aromatic N) is 5. The van der Waals surface area contributed by atoms with Crippen LogP contribution in [0.3, 0.4) is 0 Å². The molecule has 0 spiro atoms. The lowest BCUT2D eigenvalue weighted by molar-refractivity contribution is -0.122. The molecule has 0 radical (unpaired) electrons. The molecule has 0 saturated carbocycles. The maximum Gasteiger partial charge on any atom is 0.251 e. The normalized spacial score (nSPS) is 13.1. The number of fused-ring (bicyclic) bond motifs is 1. The predicted octanol–water partition coefficient (Wildman–Crippen LogP) is 4.81. The lowest BCUT2D eigenvalue weighted by atomic mass is 9.94. The number of hydrogen-bond acceptors (Lipinski definition) is 7. The summed E-state index contributed by atoms with van der Waals surface area (Å²) in [6, 6.07) is 11.2. The molecule has 5 aromatic rings. The van der Waals surface area contributed by atoms with E-state index in [1.807, 2.05) is 0 Å². The molecule has 0 aliphatic heterocycles. The number of nitrogens with one attached hydrogen (secondary N) is 1. The highest BCUT2D eigenvalue weighted by Gasteiger charge is 2.26. The van der Waals surface area contributed by atoms with Crippen LogP contribution in [0.25, 0.3) is 11.1 Å². The van der Waals surface area contributed by atoms with E-state index in [0.29, 0.717) is 34.9 Å². The number of nitrogens with two attached hydrogens (primary N) is 1. The molecule has 2 amide bonds. The number of amides is 2. The molecule has 1 atom stereocenters. The van der Waals surface area contributed by atoms with Gasteiger partial charge in [0.1, 0.15) is 30.6 Å². The van der Waals surface area contributed by atoms with Crippen LogP contribution in [0.2, 0.25) is 0 Å². The molecule has 0 saturated heterocycles. The minimum absolute atomic E-state index is 0.0308. The SMILES string of the molecule is NC(=O)c1cc(-c2cccnc2[C@H](Cc2cc(F)cc(F)c2)NC(=O)Cn2nc(OCc3ncccn3)c3c2CCCC3)ccc1F. The van der Waals surface area contributed by atoms with Crippen molar-refractivity contribution in [3.8, 4) is 17.0 Å². The van der Waals surface area contributed by atoms with E-state index < -0.39 is 35.3 Å². The number of ether oxygens (including phenoxy) is 1. The van der Waals surface area contributed by atoms with Crippen molar-refractivity contribution in [2.75, 3.05) is 0 Å². The third-order valence-corrected chi connectivity index (χ3v) is 7.88. The Hall–Kier alpha value is -5.59. The van der Waals surface area contributed by atoms with Crippen LogP contribution in [-0.4, -0.2) is 36.5 Å².